The van der Waals surface area contributed by atoms with Gasteiger partial charge in [-0.1, -0.05) is 53.7 Å². The average molecular weight is 465 g/mol. The third kappa shape index (κ3) is 4.60. The Hall–Kier alpha value is -4.92. The van der Waals surface area contributed by atoms with Gasteiger partial charge in [0.2, 0.25) is 5.91 Å². The largest absolute Gasteiger partial charge is 0.352 e. The number of carbonyl (C=O) groups is 1. The van der Waals surface area contributed by atoms with Crippen molar-refractivity contribution in [3.63, 3.8) is 0 Å². The number of nitrogens with one attached hydrogen (secondary N) is 1. The van der Waals surface area contributed by atoms with Crippen LogP contribution in [0.15, 0.2) is 89.7 Å². The molecule has 0 spiro atoms. The fraction of sp³-hybridized carbons (Fsp3) is 0.0769. The van der Waals surface area contributed by atoms with Crippen molar-refractivity contribution in [3.05, 3.63) is 117 Å². The lowest BCUT2D eigenvalue weighted by molar-refractivity contribution is -0.384. The first kappa shape index (κ1) is 21.9. The lowest BCUT2D eigenvalue weighted by atomic mass is 10.1. The molecule has 1 N–H and O–H groups in total. The maximum Gasteiger partial charge on any atom is 0.282 e. The average Bonchev–Trinajstić information content (AvgIpc) is 2.88. The summed E-state index contributed by atoms with van der Waals surface area (Å²) < 4.78 is 1.08. The zero-order valence-electron chi connectivity index (χ0n) is 18.4. The summed E-state index contributed by atoms with van der Waals surface area (Å²) in [5.74, 6) is -0.124. The van der Waals surface area contributed by atoms with Crippen LogP contribution in [0.2, 0.25) is 0 Å². The van der Waals surface area contributed by atoms with Gasteiger partial charge in [-0.15, -0.1) is 5.10 Å². The molecular formula is C26H19N5O4. The van der Waals surface area contributed by atoms with E-state index in [0.717, 1.165) is 26.6 Å². The molecule has 4 aromatic carbocycles. The summed E-state index contributed by atoms with van der Waals surface area (Å²) in [5.41, 5.74) is 1.79. The van der Waals surface area contributed by atoms with Gasteiger partial charge in [0.15, 0.2) is 0 Å². The molecule has 0 saturated heterocycles. The quantitative estimate of drug-likeness (QED) is 0.302. The molecule has 0 atom stereocenters. The standard InChI is InChI=1S/C26H19N5O4/c32-25(27-16-18-5-8-19-3-1-2-4-20(19)13-18)14-17-6-9-21(10-7-17)30-26(33)23-15-22(31(34)35)11-12-24(23)28-29-30/h1-13,15H,14,16H2,(H,27,32). The summed E-state index contributed by atoms with van der Waals surface area (Å²) in [6.07, 6.45) is 0.179. The number of hydrogen-bond donors (Lipinski definition) is 1. The number of nitro groups is 1. The van der Waals surface area contributed by atoms with E-state index in [4.69, 9.17) is 0 Å². The van der Waals surface area contributed by atoms with Crippen molar-refractivity contribution in [1.82, 2.24) is 20.3 Å². The molecule has 5 aromatic rings. The lowest BCUT2D eigenvalue weighted by Gasteiger charge is -2.08. The summed E-state index contributed by atoms with van der Waals surface area (Å²) in [5, 5.41) is 24.3. The molecule has 9 heteroatoms. The van der Waals surface area contributed by atoms with Gasteiger partial charge < -0.3 is 5.32 Å². The van der Waals surface area contributed by atoms with E-state index in [1.807, 2.05) is 36.4 Å². The van der Waals surface area contributed by atoms with Crippen LogP contribution in [0, 0.1) is 10.1 Å². The van der Waals surface area contributed by atoms with E-state index in [2.05, 4.69) is 21.7 Å². The Morgan fingerprint density at radius 2 is 1.66 bits per heavy atom. The van der Waals surface area contributed by atoms with Crippen LogP contribution in [0.4, 0.5) is 5.69 Å². The number of nitrogens with zero attached hydrogens (tertiary/aromatic N) is 4. The SMILES string of the molecule is O=C(Cc1ccc(-n2nnc3ccc([N+](=O)[O-])cc3c2=O)cc1)NCc1ccc2ccccc2c1. The Bertz CT molecular complexity index is 1640. The van der Waals surface area contributed by atoms with E-state index in [9.17, 15) is 19.7 Å². The molecule has 0 aliphatic carbocycles. The molecule has 5 rings (SSSR count). The van der Waals surface area contributed by atoms with Crippen LogP contribution < -0.4 is 10.9 Å². The second-order valence-corrected chi connectivity index (χ2v) is 8.07. The van der Waals surface area contributed by atoms with Gasteiger partial charge in [-0.25, -0.2) is 0 Å². The van der Waals surface area contributed by atoms with Gasteiger partial charge in [0.25, 0.3) is 11.2 Å². The molecule has 9 nitrogen and oxygen atoms in total. The lowest BCUT2D eigenvalue weighted by Crippen LogP contribution is -2.24. The Kier molecular flexibility index (Phi) is 5.72. The molecule has 1 aromatic heterocycles. The number of aromatic nitrogens is 3. The Labute approximate surface area is 198 Å². The van der Waals surface area contributed by atoms with Crippen LogP contribution in [0.3, 0.4) is 0 Å². The second-order valence-electron chi connectivity index (χ2n) is 8.07. The predicted molar refractivity (Wildman–Crippen MR) is 131 cm³/mol. The predicted octanol–water partition coefficient (Wildman–Crippen LogP) is 3.70. The molecule has 0 saturated carbocycles. The third-order valence-electron chi connectivity index (χ3n) is 5.70. The molecule has 0 aliphatic rings. The van der Waals surface area contributed by atoms with Crippen molar-refractivity contribution in [3.8, 4) is 5.69 Å². The fourth-order valence-electron chi connectivity index (χ4n) is 3.86. The van der Waals surface area contributed by atoms with Crippen LogP contribution in [0.1, 0.15) is 11.1 Å². The first-order valence-electron chi connectivity index (χ1n) is 10.9. The van der Waals surface area contributed by atoms with E-state index in [1.165, 1.54) is 18.2 Å². The normalized spacial score (nSPS) is 11.0. The van der Waals surface area contributed by atoms with Crippen molar-refractivity contribution < 1.29 is 9.72 Å². The minimum absolute atomic E-state index is 0.103. The minimum atomic E-state index is -0.566. The second kappa shape index (κ2) is 9.14. The monoisotopic (exact) mass is 465 g/mol. The highest BCUT2D eigenvalue weighted by Crippen LogP contribution is 2.17. The molecule has 1 heterocycles. The molecule has 0 fully saturated rings. The summed E-state index contributed by atoms with van der Waals surface area (Å²) in [4.78, 5) is 35.8. The smallest absolute Gasteiger partial charge is 0.282 e. The topological polar surface area (TPSA) is 120 Å². The van der Waals surface area contributed by atoms with Crippen molar-refractivity contribution in [2.24, 2.45) is 0 Å². The van der Waals surface area contributed by atoms with Crippen molar-refractivity contribution in [2.45, 2.75) is 13.0 Å². The minimum Gasteiger partial charge on any atom is -0.352 e. The van der Waals surface area contributed by atoms with Crippen molar-refractivity contribution in [1.29, 1.82) is 0 Å². The molecule has 0 unspecified atom stereocenters. The highest BCUT2D eigenvalue weighted by atomic mass is 16.6. The summed E-state index contributed by atoms with van der Waals surface area (Å²) in [7, 11) is 0. The highest BCUT2D eigenvalue weighted by molar-refractivity contribution is 5.83. The zero-order chi connectivity index (χ0) is 24.4. The van der Waals surface area contributed by atoms with Gasteiger partial charge >= 0.3 is 0 Å². The Balaban J connectivity index is 1.28. The van der Waals surface area contributed by atoms with Crippen LogP contribution in [-0.2, 0) is 17.8 Å². The Morgan fingerprint density at radius 3 is 2.43 bits per heavy atom. The van der Waals surface area contributed by atoms with Crippen LogP contribution in [-0.4, -0.2) is 25.8 Å². The fourth-order valence-corrected chi connectivity index (χ4v) is 3.86. The number of rotatable bonds is 6. The van der Waals surface area contributed by atoms with Gasteiger partial charge in [-0.2, -0.15) is 4.68 Å². The highest BCUT2D eigenvalue weighted by Gasteiger charge is 2.13. The zero-order valence-corrected chi connectivity index (χ0v) is 18.4. The Morgan fingerprint density at radius 1 is 0.914 bits per heavy atom. The number of amides is 1. The van der Waals surface area contributed by atoms with E-state index in [-0.39, 0.29) is 28.9 Å². The van der Waals surface area contributed by atoms with Crippen LogP contribution in [0.25, 0.3) is 27.4 Å². The summed E-state index contributed by atoms with van der Waals surface area (Å²) >= 11 is 0. The molecule has 0 aliphatic heterocycles. The number of non-ortho nitro benzene ring substituents is 1. The number of carbonyl (C=O) groups excluding carboxylic acids is 1. The van der Waals surface area contributed by atoms with Crippen LogP contribution >= 0.6 is 0 Å². The third-order valence-corrected chi connectivity index (χ3v) is 5.70. The molecular weight excluding hydrogens is 446 g/mol. The number of benzene rings is 4. The summed E-state index contributed by atoms with van der Waals surface area (Å²) in [6.45, 7) is 0.427. The molecule has 0 radical (unpaired) electrons. The van der Waals surface area contributed by atoms with Crippen molar-refractivity contribution in [2.75, 3.05) is 0 Å². The van der Waals surface area contributed by atoms with Gasteiger partial charge in [0.05, 0.1) is 22.4 Å². The van der Waals surface area contributed by atoms with E-state index in [1.54, 1.807) is 24.3 Å². The molecule has 35 heavy (non-hydrogen) atoms. The number of fused-ring (bicyclic) bond motifs is 2. The maximum absolute atomic E-state index is 12.8. The van der Waals surface area contributed by atoms with Gasteiger partial charge in [-0.3, -0.25) is 19.7 Å². The van der Waals surface area contributed by atoms with Crippen molar-refractivity contribution >= 4 is 33.3 Å². The van der Waals surface area contributed by atoms with Crippen LogP contribution in [0.5, 0.6) is 0 Å². The van der Waals surface area contributed by atoms with E-state index >= 15 is 0 Å². The van der Waals surface area contributed by atoms with E-state index < -0.39 is 10.5 Å². The molecule has 172 valence electrons. The number of nitro benzene ring substituents is 1. The van der Waals surface area contributed by atoms with Gasteiger partial charge in [-0.05, 0) is 46.2 Å². The molecule has 0 bridgehead atoms. The van der Waals surface area contributed by atoms with E-state index in [0.29, 0.717) is 12.2 Å². The first-order chi connectivity index (χ1) is 17.0. The van der Waals surface area contributed by atoms with Gasteiger partial charge in [0.1, 0.15) is 5.52 Å². The first-order valence-corrected chi connectivity index (χ1v) is 10.9. The van der Waals surface area contributed by atoms with Gasteiger partial charge in [0, 0.05) is 18.7 Å². The summed E-state index contributed by atoms with van der Waals surface area (Å²) in [6, 6.07) is 24.8. The maximum atomic E-state index is 12.8. The molecule has 1 amide bonds. The number of hydrogen-bond acceptors (Lipinski definition) is 6.